The van der Waals surface area contributed by atoms with Crippen molar-refractivity contribution in [1.29, 1.82) is 0 Å². The van der Waals surface area contributed by atoms with E-state index in [2.05, 4.69) is 25.9 Å². The van der Waals surface area contributed by atoms with Crippen molar-refractivity contribution < 1.29 is 19.0 Å². The Morgan fingerprint density at radius 3 is 2.71 bits per heavy atom. The summed E-state index contributed by atoms with van der Waals surface area (Å²) in [6, 6.07) is 10.3. The molecule has 2 aromatic carbocycles. The Morgan fingerprint density at radius 2 is 1.95 bits per heavy atom. The van der Waals surface area contributed by atoms with E-state index in [0.717, 1.165) is 37.6 Å². The van der Waals surface area contributed by atoms with E-state index in [1.807, 2.05) is 29.9 Å². The van der Waals surface area contributed by atoms with Crippen LogP contribution >= 0.6 is 11.6 Å². The fourth-order valence-corrected chi connectivity index (χ4v) is 3.99. The first-order valence-electron chi connectivity index (χ1n) is 12.5. The number of carbonyl (C=O) groups excluding carboxylic acids is 1. The number of rotatable bonds is 13. The Morgan fingerprint density at radius 1 is 1.05 bits per heavy atom. The van der Waals surface area contributed by atoms with E-state index >= 15 is 0 Å². The number of methoxy groups -OCH3 is 1. The summed E-state index contributed by atoms with van der Waals surface area (Å²) in [7, 11) is 1.60. The number of fused-ring (bicyclic) bond motifs is 1. The van der Waals surface area contributed by atoms with Crippen LogP contribution in [-0.2, 0) is 6.54 Å². The predicted molar refractivity (Wildman–Crippen MR) is 147 cm³/mol. The van der Waals surface area contributed by atoms with Crippen LogP contribution in [0.15, 0.2) is 55.0 Å². The monoisotopic (exact) mass is 538 g/mol. The molecule has 0 unspecified atom stereocenters. The number of hydrogen-bond acceptors (Lipinski definition) is 7. The molecule has 0 fully saturated rings. The van der Waals surface area contributed by atoms with Crippen LogP contribution < -0.4 is 24.8 Å². The summed E-state index contributed by atoms with van der Waals surface area (Å²) in [5.41, 5.74) is 1.20. The van der Waals surface area contributed by atoms with E-state index in [1.165, 1.54) is 0 Å². The lowest BCUT2D eigenvalue weighted by atomic mass is 10.1. The van der Waals surface area contributed by atoms with Crippen molar-refractivity contribution in [3.05, 3.63) is 60.0 Å². The van der Waals surface area contributed by atoms with Gasteiger partial charge in [0.05, 0.1) is 36.1 Å². The summed E-state index contributed by atoms with van der Waals surface area (Å²) >= 11 is 6.39. The van der Waals surface area contributed by atoms with Crippen molar-refractivity contribution in [1.82, 2.24) is 25.3 Å². The van der Waals surface area contributed by atoms with Gasteiger partial charge in [0.1, 0.15) is 11.5 Å². The van der Waals surface area contributed by atoms with Gasteiger partial charge in [-0.1, -0.05) is 23.7 Å². The van der Waals surface area contributed by atoms with E-state index < -0.39 is 0 Å². The van der Waals surface area contributed by atoms with Gasteiger partial charge in [0, 0.05) is 43.0 Å². The normalized spacial score (nSPS) is 10.8. The number of unbranched alkanes of at least 4 members (excludes halogenated alkanes) is 2. The van der Waals surface area contributed by atoms with E-state index in [-0.39, 0.29) is 6.03 Å². The molecular weight excluding hydrogens is 508 g/mol. The molecule has 2 amide bonds. The molecule has 0 saturated carbocycles. The first kappa shape index (κ1) is 27.0. The molecule has 4 rings (SSSR count). The molecule has 2 N–H and O–H groups in total. The van der Waals surface area contributed by atoms with Crippen LogP contribution in [0.3, 0.4) is 0 Å². The molecule has 11 heteroatoms. The van der Waals surface area contributed by atoms with Gasteiger partial charge in [-0.25, -0.2) is 4.79 Å². The molecular formula is C27H31ClN6O4. The Bertz CT molecular complexity index is 1350. The third-order valence-corrected chi connectivity index (χ3v) is 6.01. The van der Waals surface area contributed by atoms with Crippen LogP contribution in [0.1, 0.15) is 32.6 Å². The van der Waals surface area contributed by atoms with Crippen LogP contribution in [0.5, 0.6) is 23.0 Å². The molecule has 0 aliphatic heterocycles. The molecule has 38 heavy (non-hydrogen) atoms. The third-order valence-electron chi connectivity index (χ3n) is 5.70. The van der Waals surface area contributed by atoms with Crippen molar-refractivity contribution in [3.8, 4) is 23.0 Å². The van der Waals surface area contributed by atoms with Gasteiger partial charge in [0.2, 0.25) is 0 Å². The third kappa shape index (κ3) is 7.25. The minimum absolute atomic E-state index is 0.306. The van der Waals surface area contributed by atoms with Gasteiger partial charge in [-0.3, -0.25) is 9.67 Å². The number of benzene rings is 2. The number of ether oxygens (including phenoxy) is 3. The average Bonchev–Trinajstić information content (AvgIpc) is 3.44. The number of amides is 2. The number of pyridine rings is 1. The van der Waals surface area contributed by atoms with Gasteiger partial charge in [0.15, 0.2) is 11.5 Å². The van der Waals surface area contributed by atoms with Crippen molar-refractivity contribution in [2.75, 3.05) is 25.6 Å². The van der Waals surface area contributed by atoms with Crippen LogP contribution in [0, 0.1) is 0 Å². The van der Waals surface area contributed by atoms with Gasteiger partial charge in [-0.15, -0.1) is 5.10 Å². The summed E-state index contributed by atoms with van der Waals surface area (Å²) in [6.07, 6.45) is 8.96. The molecule has 10 nitrogen and oxygen atoms in total. The van der Waals surface area contributed by atoms with Gasteiger partial charge in [-0.05, 0) is 49.9 Å². The van der Waals surface area contributed by atoms with Crippen molar-refractivity contribution in [2.24, 2.45) is 0 Å². The molecule has 0 atom stereocenters. The first-order valence-corrected chi connectivity index (χ1v) is 12.9. The zero-order chi connectivity index (χ0) is 26.7. The average molecular weight is 539 g/mol. The quantitative estimate of drug-likeness (QED) is 0.199. The molecule has 0 aliphatic rings. The van der Waals surface area contributed by atoms with Crippen LogP contribution in [-0.4, -0.2) is 46.3 Å². The molecule has 0 aliphatic carbocycles. The highest BCUT2D eigenvalue weighted by atomic mass is 35.5. The lowest BCUT2D eigenvalue weighted by Crippen LogP contribution is -2.29. The largest absolute Gasteiger partial charge is 0.493 e. The summed E-state index contributed by atoms with van der Waals surface area (Å²) in [6.45, 7) is 3.97. The van der Waals surface area contributed by atoms with Crippen LogP contribution in [0.2, 0.25) is 5.02 Å². The number of nitrogens with zero attached hydrogens (tertiary/aromatic N) is 4. The van der Waals surface area contributed by atoms with Gasteiger partial charge in [0.25, 0.3) is 0 Å². The van der Waals surface area contributed by atoms with Gasteiger partial charge >= 0.3 is 6.03 Å². The molecule has 0 radical (unpaired) electrons. The highest BCUT2D eigenvalue weighted by Crippen LogP contribution is 2.38. The molecule has 2 aromatic heterocycles. The lowest BCUT2D eigenvalue weighted by Gasteiger charge is -2.14. The second-order valence-electron chi connectivity index (χ2n) is 8.53. The number of anilines is 1. The smallest absolute Gasteiger partial charge is 0.319 e. The van der Waals surface area contributed by atoms with E-state index in [1.54, 1.807) is 43.8 Å². The number of carbonyl (C=O) groups is 1. The number of aromatic nitrogens is 4. The zero-order valence-electron chi connectivity index (χ0n) is 21.4. The number of hydrogen-bond donors (Lipinski definition) is 2. The highest BCUT2D eigenvalue weighted by Gasteiger charge is 2.13. The Hall–Kier alpha value is -4.05. The highest BCUT2D eigenvalue weighted by molar-refractivity contribution is 6.33. The first-order chi connectivity index (χ1) is 18.6. The summed E-state index contributed by atoms with van der Waals surface area (Å²) < 4.78 is 19.6. The molecule has 0 spiro atoms. The van der Waals surface area contributed by atoms with Crippen LogP contribution in [0.25, 0.3) is 10.9 Å². The Kier molecular flexibility index (Phi) is 9.58. The van der Waals surface area contributed by atoms with Crippen LogP contribution in [0.4, 0.5) is 10.5 Å². The fraction of sp³-hybridized carbons (Fsp3) is 0.333. The van der Waals surface area contributed by atoms with Crippen molar-refractivity contribution in [2.45, 2.75) is 39.2 Å². The molecule has 200 valence electrons. The number of aryl methyl sites for hydroxylation is 1. The predicted octanol–water partition coefficient (Wildman–Crippen LogP) is 6.06. The van der Waals surface area contributed by atoms with Crippen molar-refractivity contribution >= 4 is 34.2 Å². The fourth-order valence-electron chi connectivity index (χ4n) is 3.77. The molecule has 0 bridgehead atoms. The van der Waals surface area contributed by atoms with Gasteiger partial charge < -0.3 is 24.8 Å². The minimum Gasteiger partial charge on any atom is -0.493 e. The second kappa shape index (κ2) is 13.5. The second-order valence-corrected chi connectivity index (χ2v) is 8.94. The molecule has 0 saturated heterocycles. The number of urea groups is 1. The van der Waals surface area contributed by atoms with E-state index in [9.17, 15) is 4.79 Å². The SMILES string of the molecule is CCCNC(=O)Nc1ccc(Oc2ccnc3cc(OCCCCCn4ccnn4)c(OC)cc23)cc1Cl. The summed E-state index contributed by atoms with van der Waals surface area (Å²) in [5.74, 6) is 2.33. The maximum atomic E-state index is 11.9. The Balaban J connectivity index is 1.40. The Labute approximate surface area is 226 Å². The topological polar surface area (TPSA) is 112 Å². The van der Waals surface area contributed by atoms with E-state index in [4.69, 9.17) is 25.8 Å². The molecule has 2 heterocycles. The summed E-state index contributed by atoms with van der Waals surface area (Å²) in [5, 5.41) is 14.4. The zero-order valence-corrected chi connectivity index (χ0v) is 22.2. The van der Waals surface area contributed by atoms with E-state index in [0.29, 0.717) is 52.4 Å². The standard InChI is InChI=1S/C27H31ClN6O4/c1-3-10-30-27(35)32-22-8-7-19(16-21(22)28)38-24-9-11-29-23-18-26(25(36-2)17-20(23)24)37-15-6-4-5-13-34-14-12-31-33-34/h7-9,11-12,14,16-18H,3-6,10,13,15H2,1-2H3,(H2,30,32,35). The van der Waals surface area contributed by atoms with Gasteiger partial charge in [-0.2, -0.15) is 0 Å². The minimum atomic E-state index is -0.306. The molecule has 4 aromatic rings. The lowest BCUT2D eigenvalue weighted by molar-refractivity contribution is 0.252. The maximum absolute atomic E-state index is 11.9. The number of halogens is 1. The van der Waals surface area contributed by atoms with Crippen molar-refractivity contribution in [3.63, 3.8) is 0 Å². The summed E-state index contributed by atoms with van der Waals surface area (Å²) in [4.78, 5) is 16.4. The maximum Gasteiger partial charge on any atom is 0.319 e. The number of nitrogens with one attached hydrogen (secondary N) is 2.